The molecule has 0 N–H and O–H groups in total. The van der Waals surface area contributed by atoms with Crippen LogP contribution in [0.15, 0.2) is 0 Å². The zero-order chi connectivity index (χ0) is 18.8. The van der Waals surface area contributed by atoms with Crippen molar-refractivity contribution in [3.05, 3.63) is 0 Å². The van der Waals surface area contributed by atoms with Gasteiger partial charge in [-0.25, -0.2) is 13.2 Å². The minimum atomic E-state index is -5.30. The lowest BCUT2D eigenvalue weighted by Crippen LogP contribution is -2.52. The molecule has 0 radical (unpaired) electrons. The van der Waals surface area contributed by atoms with Crippen LogP contribution in [0.5, 0.6) is 0 Å². The molecule has 138 valence electrons. The first kappa shape index (κ1) is 19.0. The summed E-state index contributed by atoms with van der Waals surface area (Å²) >= 11 is 0. The highest BCUT2D eigenvalue weighted by Crippen LogP contribution is 2.65. The Hall–Kier alpha value is -1.36. The number of carbonyl (C=O) groups excluding carboxylic acids is 2. The molecule has 0 aromatic heterocycles. The van der Waals surface area contributed by atoms with Crippen LogP contribution in [0.1, 0.15) is 33.6 Å². The van der Waals surface area contributed by atoms with Crippen molar-refractivity contribution in [3.8, 4) is 0 Å². The monoisotopic (exact) mass is 373 g/mol. The summed E-state index contributed by atoms with van der Waals surface area (Å²) in [6.45, 7) is 4.54. The van der Waals surface area contributed by atoms with E-state index in [0.717, 1.165) is 0 Å². The van der Waals surface area contributed by atoms with Crippen molar-refractivity contribution in [2.45, 2.75) is 51.5 Å². The van der Waals surface area contributed by atoms with Crippen LogP contribution in [0.25, 0.3) is 0 Å². The van der Waals surface area contributed by atoms with Crippen LogP contribution in [-0.2, 0) is 29.2 Å². The Bertz CT molecular complexity index is 684. The molecule has 2 bridgehead atoms. The fourth-order valence-electron chi connectivity index (χ4n) is 3.31. The van der Waals surface area contributed by atoms with Crippen LogP contribution in [-0.4, -0.2) is 48.5 Å². The van der Waals surface area contributed by atoms with Crippen molar-refractivity contribution >= 4 is 22.1 Å². The van der Waals surface area contributed by atoms with Gasteiger partial charge in [0, 0.05) is 5.41 Å². The number of carbonyl (C=O) groups is 2. The maximum absolute atomic E-state index is 12.9. The number of halogens is 3. The molecule has 0 aromatic rings. The van der Waals surface area contributed by atoms with Crippen LogP contribution in [0.2, 0.25) is 0 Å². The van der Waals surface area contributed by atoms with Gasteiger partial charge in [-0.05, 0) is 19.8 Å². The van der Waals surface area contributed by atoms with Gasteiger partial charge in [-0.1, -0.05) is 13.8 Å². The summed E-state index contributed by atoms with van der Waals surface area (Å²) in [5.41, 5.74) is -4.15. The average Bonchev–Trinajstić information content (AvgIpc) is 2.65. The van der Waals surface area contributed by atoms with E-state index < -0.39 is 56.5 Å². The molecule has 2 fully saturated rings. The first-order valence-electron chi connectivity index (χ1n) is 7.02. The Morgan fingerprint density at radius 2 is 1.88 bits per heavy atom. The fourth-order valence-corrected chi connectivity index (χ4v) is 3.94. The third kappa shape index (κ3) is 2.57. The maximum atomic E-state index is 12.9. The smallest absolute Gasteiger partial charge is 0.426 e. The zero-order valence-corrected chi connectivity index (χ0v) is 13.9. The van der Waals surface area contributed by atoms with Crippen LogP contribution >= 0.6 is 0 Å². The lowest BCUT2D eigenvalue weighted by Gasteiger charge is -2.35. The van der Waals surface area contributed by atoms with Crippen molar-refractivity contribution < 1.29 is 45.2 Å². The minimum absolute atomic E-state index is 0.0459. The van der Waals surface area contributed by atoms with Gasteiger partial charge in [-0.2, -0.15) is 13.2 Å². The third-order valence-electron chi connectivity index (χ3n) is 5.38. The van der Waals surface area contributed by atoms with Gasteiger partial charge in [0.2, 0.25) is 11.7 Å². The van der Waals surface area contributed by atoms with Crippen LogP contribution in [0.4, 0.5) is 13.2 Å². The summed E-state index contributed by atoms with van der Waals surface area (Å²) in [5.74, 6) is -4.16. The van der Waals surface area contributed by atoms with E-state index in [1.165, 1.54) is 13.8 Å². The number of fused-ring (bicyclic) bond motifs is 2. The maximum Gasteiger partial charge on any atom is 0.426 e. The second-order valence-corrected chi connectivity index (χ2v) is 8.28. The van der Waals surface area contributed by atoms with Crippen molar-refractivity contribution in [2.75, 3.05) is 5.75 Å². The van der Waals surface area contributed by atoms with E-state index in [4.69, 9.17) is 4.74 Å². The van der Waals surface area contributed by atoms with Gasteiger partial charge < -0.3 is 14.0 Å². The van der Waals surface area contributed by atoms with Gasteiger partial charge in [-0.3, -0.25) is 4.79 Å². The fraction of sp³-hybridized carbons (Fsp3) is 0.846. The highest BCUT2D eigenvalue weighted by atomic mass is 32.2. The van der Waals surface area contributed by atoms with Crippen molar-refractivity contribution in [2.24, 2.45) is 10.8 Å². The van der Waals surface area contributed by atoms with E-state index >= 15 is 0 Å². The molecule has 2 rings (SSSR count). The van der Waals surface area contributed by atoms with Gasteiger partial charge in [0.25, 0.3) is 0 Å². The van der Waals surface area contributed by atoms with Crippen LogP contribution < -0.4 is 0 Å². The molecule has 24 heavy (non-hydrogen) atoms. The number of esters is 2. The summed E-state index contributed by atoms with van der Waals surface area (Å²) in [4.78, 5) is 24.4. The van der Waals surface area contributed by atoms with Gasteiger partial charge >= 0.3 is 18.1 Å². The van der Waals surface area contributed by atoms with Crippen LogP contribution in [0, 0.1) is 10.8 Å². The first-order chi connectivity index (χ1) is 10.6. The molecule has 0 spiro atoms. The van der Waals surface area contributed by atoms with Crippen molar-refractivity contribution in [3.63, 3.8) is 0 Å². The topological polar surface area (TPSA) is 110 Å². The Labute approximate surface area is 136 Å². The van der Waals surface area contributed by atoms with Crippen molar-refractivity contribution in [1.82, 2.24) is 0 Å². The van der Waals surface area contributed by atoms with E-state index in [9.17, 15) is 35.7 Å². The number of alkyl halides is 3. The Morgan fingerprint density at radius 3 is 2.21 bits per heavy atom. The summed E-state index contributed by atoms with van der Waals surface area (Å²) in [6, 6.07) is 0. The van der Waals surface area contributed by atoms with E-state index in [-0.39, 0.29) is 12.8 Å². The van der Waals surface area contributed by atoms with Gasteiger partial charge in [0.15, 0.2) is 0 Å². The molecule has 0 amide bonds. The molecular formula is C13H16F3O7S-. The van der Waals surface area contributed by atoms with Gasteiger partial charge in [0.1, 0.15) is 0 Å². The van der Waals surface area contributed by atoms with Gasteiger partial charge in [-0.15, -0.1) is 0 Å². The van der Waals surface area contributed by atoms with E-state index in [1.807, 2.05) is 0 Å². The Kier molecular flexibility index (Phi) is 4.01. The second-order valence-electron chi connectivity index (χ2n) is 6.83. The number of ether oxygens (including phenoxy) is 2. The first-order valence-corrected chi connectivity index (χ1v) is 8.59. The molecule has 1 aliphatic carbocycles. The molecule has 3 unspecified atom stereocenters. The molecule has 7 nitrogen and oxygen atoms in total. The number of rotatable bonds is 4. The van der Waals surface area contributed by atoms with Crippen molar-refractivity contribution in [1.29, 1.82) is 0 Å². The summed E-state index contributed by atoms with van der Waals surface area (Å²) in [7, 11) is -5.30. The third-order valence-corrected chi connectivity index (χ3v) is 6.09. The minimum Gasteiger partial charge on any atom is -0.748 e. The number of hydrogen-bond donors (Lipinski definition) is 0. The summed E-state index contributed by atoms with van der Waals surface area (Å²) in [6.07, 6.45) is -8.21. The highest BCUT2D eigenvalue weighted by Gasteiger charge is 2.76. The largest absolute Gasteiger partial charge is 0.748 e. The molecule has 1 heterocycles. The molecule has 0 aromatic carbocycles. The summed E-state index contributed by atoms with van der Waals surface area (Å²) in [5, 5.41) is 0. The molecule has 11 heteroatoms. The molecule has 3 atom stereocenters. The molecule has 1 saturated carbocycles. The molecular weight excluding hydrogens is 357 g/mol. The lowest BCUT2D eigenvalue weighted by molar-refractivity contribution is -0.228. The average molecular weight is 373 g/mol. The molecule has 2 aliphatic rings. The molecule has 1 saturated heterocycles. The van der Waals surface area contributed by atoms with E-state index in [0.29, 0.717) is 0 Å². The van der Waals surface area contributed by atoms with E-state index in [1.54, 1.807) is 6.92 Å². The highest BCUT2D eigenvalue weighted by molar-refractivity contribution is 7.85. The second kappa shape index (κ2) is 5.07. The SMILES string of the molecule is CC12CCC(C(=O)OC(CS(=O)(=O)[O-])C(F)(F)F)(OC1=O)C2(C)C. The van der Waals surface area contributed by atoms with E-state index in [2.05, 4.69) is 4.74 Å². The van der Waals surface area contributed by atoms with Crippen LogP contribution in [0.3, 0.4) is 0 Å². The molecule has 1 aliphatic heterocycles. The predicted octanol–water partition coefficient (Wildman–Crippen LogP) is 1.13. The Balaban J connectivity index is 2.33. The normalized spacial score (nSPS) is 33.2. The van der Waals surface area contributed by atoms with Gasteiger partial charge in [0.05, 0.1) is 21.3 Å². The Morgan fingerprint density at radius 1 is 1.33 bits per heavy atom. The standard InChI is InChI=1S/C13H17F3O7S/c1-10(2)11(3)4-5-12(10,23-8(11)17)9(18)22-7(13(14,15)16)6-24(19,20)21/h7H,4-6H2,1-3H3,(H,19,20,21)/p-1. The lowest BCUT2D eigenvalue weighted by atomic mass is 9.66. The number of hydrogen-bond acceptors (Lipinski definition) is 7. The predicted molar refractivity (Wildman–Crippen MR) is 70.4 cm³/mol. The quantitative estimate of drug-likeness (QED) is 0.536. The zero-order valence-electron chi connectivity index (χ0n) is 13.1. The summed E-state index contributed by atoms with van der Waals surface area (Å²) < 4.78 is 80.0.